The summed E-state index contributed by atoms with van der Waals surface area (Å²) in [5.41, 5.74) is 21.7. The van der Waals surface area contributed by atoms with Crippen molar-refractivity contribution in [3.63, 3.8) is 0 Å². The molecule has 270 valence electrons. The van der Waals surface area contributed by atoms with Gasteiger partial charge in [0.2, 0.25) is 0 Å². The van der Waals surface area contributed by atoms with Crippen molar-refractivity contribution in [3.05, 3.63) is 128 Å². The van der Waals surface area contributed by atoms with E-state index in [2.05, 4.69) is 157 Å². The smallest absolute Gasteiger partial charge is 0.147 e. The molecule has 0 bridgehead atoms. The molecule has 4 aromatic rings. The fourth-order valence-electron chi connectivity index (χ4n) is 9.91. The van der Waals surface area contributed by atoms with E-state index in [1.165, 1.54) is 52.6 Å². The van der Waals surface area contributed by atoms with E-state index >= 15 is 0 Å². The van der Waals surface area contributed by atoms with Crippen molar-refractivity contribution in [1.29, 1.82) is 0 Å². The quantitative estimate of drug-likeness (QED) is 0.176. The maximum absolute atomic E-state index is 3.78. The molecular formula is C47H60Cl2SiZr. The number of hydrogen-bond donors (Lipinski definition) is 0. The molecule has 0 heterocycles. The maximum atomic E-state index is 2.79. The van der Waals surface area contributed by atoms with Crippen molar-refractivity contribution in [2.24, 2.45) is 5.92 Å². The number of benzene rings is 4. The predicted molar refractivity (Wildman–Crippen MR) is 230 cm³/mol. The Labute approximate surface area is 324 Å². The van der Waals surface area contributed by atoms with Gasteiger partial charge in [-0.1, -0.05) is 0 Å². The Hall–Kier alpha value is -1.96. The molecular weight excluding hydrogens is 755 g/mol. The largest absolute Gasteiger partial charge is 0.147 e. The molecule has 1 atom stereocenters. The summed E-state index contributed by atoms with van der Waals surface area (Å²) in [6.07, 6.45) is 7.43. The van der Waals surface area contributed by atoms with Gasteiger partial charge in [-0.2, -0.15) is 0 Å². The van der Waals surface area contributed by atoms with Crippen LogP contribution in [-0.2, 0) is 47.5 Å². The second-order valence-corrected chi connectivity index (χ2v) is 48.4. The second-order valence-electron chi connectivity index (χ2n) is 19.1. The minimum atomic E-state index is -3.78. The van der Waals surface area contributed by atoms with Crippen molar-refractivity contribution in [1.82, 2.24) is 0 Å². The Balaban J connectivity index is 0.00000252. The average Bonchev–Trinajstić information content (AvgIpc) is 3.74. The minimum Gasteiger partial charge on any atom is -0.147 e. The molecule has 4 aromatic carbocycles. The van der Waals surface area contributed by atoms with Crippen LogP contribution in [-0.4, -0.2) is 6.88 Å². The van der Waals surface area contributed by atoms with Crippen molar-refractivity contribution in [2.45, 2.75) is 112 Å². The molecule has 0 N–H and O–H groups in total. The fraction of sp³-hybridized carbons (Fsp3) is 0.404. The van der Waals surface area contributed by atoms with Crippen LogP contribution < -0.4 is 0 Å². The van der Waals surface area contributed by atoms with Gasteiger partial charge >= 0.3 is 302 Å². The van der Waals surface area contributed by atoms with Gasteiger partial charge in [0.15, 0.2) is 0 Å². The molecule has 0 aliphatic heterocycles. The third-order valence-electron chi connectivity index (χ3n) is 12.3. The molecule has 3 aliphatic rings. The molecule has 0 saturated heterocycles. The number of fused-ring (bicyclic) bond motifs is 3. The van der Waals surface area contributed by atoms with Gasteiger partial charge in [0.1, 0.15) is 0 Å². The van der Waals surface area contributed by atoms with Gasteiger partial charge in [0, 0.05) is 0 Å². The topological polar surface area (TPSA) is 0 Å². The SMILES string of the molecule is CC1=[C]([Zr]([CH3])([CH3])(=[SiH2])[CH]2C(C(C)C)=Cc3c(-c4ccc(C(C)(C)C)cc4)cccc32)c2cc3c(c(-c4ccc(C(C)(C)C)cc4)c2C1)CCC3.Cl.Cl. The van der Waals surface area contributed by atoms with Crippen LogP contribution in [0.2, 0.25) is 9.26 Å². The molecule has 0 amide bonds. The molecule has 0 aromatic heterocycles. The molecule has 51 heavy (non-hydrogen) atoms. The van der Waals surface area contributed by atoms with Crippen LogP contribution in [0.1, 0.15) is 117 Å². The molecule has 7 rings (SSSR count). The van der Waals surface area contributed by atoms with Crippen molar-refractivity contribution < 1.29 is 17.4 Å². The van der Waals surface area contributed by atoms with Gasteiger partial charge in [-0.05, 0) is 0 Å². The summed E-state index contributed by atoms with van der Waals surface area (Å²) in [6, 6.07) is 28.9. The van der Waals surface area contributed by atoms with Crippen LogP contribution in [0.3, 0.4) is 0 Å². The van der Waals surface area contributed by atoms with Gasteiger partial charge in [-0.15, -0.1) is 24.8 Å². The van der Waals surface area contributed by atoms with Crippen LogP contribution in [0.4, 0.5) is 0 Å². The van der Waals surface area contributed by atoms with Crippen LogP contribution in [0, 0.1) is 5.92 Å². The number of allylic oxidation sites excluding steroid dienone is 2. The first-order chi connectivity index (χ1) is 22.8. The van der Waals surface area contributed by atoms with Gasteiger partial charge in [-0.25, -0.2) is 0 Å². The van der Waals surface area contributed by atoms with Gasteiger partial charge in [0.05, 0.1) is 0 Å². The first-order valence-electron chi connectivity index (χ1n) is 18.9. The maximum Gasteiger partial charge on any atom is -0.147 e. The zero-order valence-corrected chi connectivity index (χ0v) is 38.5. The molecule has 0 radical (unpaired) electrons. The Bertz CT molecular complexity index is 2120. The molecule has 0 saturated carbocycles. The number of aryl methyl sites for hydroxylation is 1. The molecule has 1 unspecified atom stereocenters. The standard InChI is InChI=1S/C23H25.C22H25.2CH3.2ClH.H2Si.Zr/c1-15-12-18-14-17-6-5-7-20(17)22(21(18)13-15)16-8-10-19(11-9-16)23(2,3)4;1-15(2)18-13-17-7-6-8-20(21(17)14-18)16-9-11-19(12-10-16)22(3,4)5;;;;;;/h8-11,14H,5-7,13H2,1-4H3;6-15H,1-5H3;2*1H3;2*1H;1H2;. The second kappa shape index (κ2) is 13.7. The Morgan fingerprint density at radius 2 is 1.29 bits per heavy atom. The van der Waals surface area contributed by atoms with Gasteiger partial charge < -0.3 is 0 Å². The van der Waals surface area contributed by atoms with Gasteiger partial charge in [0.25, 0.3) is 0 Å². The van der Waals surface area contributed by atoms with Crippen LogP contribution in [0.15, 0.2) is 83.9 Å². The average molecular weight is 815 g/mol. The number of rotatable bonds is 5. The summed E-state index contributed by atoms with van der Waals surface area (Å²) in [5.74, 6) is 0.504. The summed E-state index contributed by atoms with van der Waals surface area (Å²) in [7, 11) is 0. The van der Waals surface area contributed by atoms with Crippen molar-refractivity contribution in [2.75, 3.05) is 0 Å². The third-order valence-corrected chi connectivity index (χ3v) is 28.6. The van der Waals surface area contributed by atoms with E-state index in [1.54, 1.807) is 47.8 Å². The van der Waals surface area contributed by atoms with Crippen LogP contribution >= 0.6 is 24.8 Å². The molecule has 0 fully saturated rings. The van der Waals surface area contributed by atoms with E-state index in [-0.39, 0.29) is 35.6 Å². The zero-order chi connectivity index (χ0) is 35.3. The van der Waals surface area contributed by atoms with E-state index in [4.69, 9.17) is 0 Å². The van der Waals surface area contributed by atoms with E-state index in [0.717, 1.165) is 6.42 Å². The zero-order valence-electron chi connectivity index (χ0n) is 33.0. The summed E-state index contributed by atoms with van der Waals surface area (Å²) < 4.78 is 7.88. The Morgan fingerprint density at radius 3 is 1.84 bits per heavy atom. The first kappa shape index (κ1) is 40.2. The molecule has 0 nitrogen and oxygen atoms in total. The first-order valence-corrected chi connectivity index (χ1v) is 32.4. The van der Waals surface area contributed by atoms with E-state index < -0.39 is 17.4 Å². The predicted octanol–water partition coefficient (Wildman–Crippen LogP) is 13.4. The van der Waals surface area contributed by atoms with Crippen LogP contribution in [0.25, 0.3) is 31.6 Å². The van der Waals surface area contributed by atoms with Crippen molar-refractivity contribution >= 4 is 41.1 Å². The summed E-state index contributed by atoms with van der Waals surface area (Å²) >= 11 is -3.78. The monoisotopic (exact) mass is 812 g/mol. The third kappa shape index (κ3) is 6.84. The van der Waals surface area contributed by atoms with Gasteiger partial charge in [-0.3, -0.25) is 0 Å². The van der Waals surface area contributed by atoms with Crippen LogP contribution in [0.5, 0.6) is 0 Å². The number of halogens is 2. The fourth-order valence-corrected chi connectivity index (χ4v) is 29.3. The minimum absolute atomic E-state index is 0. The summed E-state index contributed by atoms with van der Waals surface area (Å²) in [4.78, 5) is 0. The number of hydrogen-bond acceptors (Lipinski definition) is 0. The normalized spacial score (nSPS) is 17.1. The van der Waals surface area contributed by atoms with E-state index in [0.29, 0.717) is 9.54 Å². The molecule has 0 spiro atoms. The Kier molecular flexibility index (Phi) is 10.8. The van der Waals surface area contributed by atoms with E-state index in [1.807, 2.05) is 0 Å². The summed E-state index contributed by atoms with van der Waals surface area (Å²) in [5, 5.41) is 0. The molecule has 4 heteroatoms. The Morgan fingerprint density at radius 1 is 0.725 bits per heavy atom. The van der Waals surface area contributed by atoms with Crippen molar-refractivity contribution in [3.8, 4) is 22.3 Å². The van der Waals surface area contributed by atoms with E-state index in [9.17, 15) is 0 Å². The molecule has 3 aliphatic carbocycles. The summed E-state index contributed by atoms with van der Waals surface area (Å²) in [6.45, 7) is 23.7.